The van der Waals surface area contributed by atoms with Crippen molar-refractivity contribution in [3.8, 4) is 0 Å². The van der Waals surface area contributed by atoms with Crippen molar-refractivity contribution in [1.29, 1.82) is 0 Å². The van der Waals surface area contributed by atoms with E-state index >= 15 is 0 Å². The van der Waals surface area contributed by atoms with Gasteiger partial charge in [0, 0.05) is 20.2 Å². The van der Waals surface area contributed by atoms with Crippen LogP contribution in [0, 0.1) is 11.6 Å². The predicted molar refractivity (Wildman–Crippen MR) is 94.4 cm³/mol. The van der Waals surface area contributed by atoms with Crippen molar-refractivity contribution in [3.05, 3.63) is 52.8 Å². The quantitative estimate of drug-likeness (QED) is 0.645. The van der Waals surface area contributed by atoms with Crippen LogP contribution in [0.25, 0.3) is 5.52 Å². The van der Waals surface area contributed by atoms with Crippen molar-refractivity contribution in [2.24, 2.45) is 0 Å². The molecule has 25 heavy (non-hydrogen) atoms. The maximum Gasteiger partial charge on any atom is 0.265 e. The molecule has 2 aromatic heterocycles. The molecular weight excluding hydrogens is 418 g/mol. The number of hydrogen-bond donors (Lipinski definition) is 1. The van der Waals surface area contributed by atoms with Crippen LogP contribution in [0.1, 0.15) is 0 Å². The Morgan fingerprint density at radius 2 is 1.92 bits per heavy atom. The second-order valence-corrected chi connectivity index (χ2v) is 7.98. The molecule has 0 bridgehead atoms. The largest absolute Gasteiger partial charge is 0.376 e. The van der Waals surface area contributed by atoms with Crippen molar-refractivity contribution in [1.82, 2.24) is 9.61 Å². The molecule has 0 spiro atoms. The van der Waals surface area contributed by atoms with Crippen LogP contribution >= 0.6 is 15.9 Å². The van der Waals surface area contributed by atoms with Crippen LogP contribution in [-0.4, -0.2) is 32.1 Å². The lowest BCUT2D eigenvalue weighted by Crippen LogP contribution is -2.14. The zero-order valence-electron chi connectivity index (χ0n) is 13.2. The van der Waals surface area contributed by atoms with E-state index in [9.17, 15) is 17.2 Å². The number of nitrogens with zero attached hydrogens (tertiary/aromatic N) is 3. The fraction of sp³-hybridized carbons (Fsp3) is 0.133. The Balaban J connectivity index is 2.03. The number of nitrogens with one attached hydrogen (secondary N) is 1. The number of benzene rings is 1. The molecule has 132 valence electrons. The molecule has 1 aromatic carbocycles. The van der Waals surface area contributed by atoms with E-state index in [1.54, 1.807) is 18.3 Å². The molecule has 0 atom stereocenters. The zero-order valence-corrected chi connectivity index (χ0v) is 15.6. The summed E-state index contributed by atoms with van der Waals surface area (Å²) in [7, 11) is -0.467. The lowest BCUT2D eigenvalue weighted by atomic mass is 10.3. The van der Waals surface area contributed by atoms with Gasteiger partial charge in [0.25, 0.3) is 10.0 Å². The molecule has 3 aromatic rings. The Labute approximate surface area is 151 Å². The number of sulfonamides is 1. The first kappa shape index (κ1) is 17.6. The summed E-state index contributed by atoms with van der Waals surface area (Å²) in [6.45, 7) is 0. The molecule has 0 radical (unpaired) electrons. The third-order valence-electron chi connectivity index (χ3n) is 3.53. The molecular formula is C15H13BrF2N4O2S. The Morgan fingerprint density at radius 1 is 1.20 bits per heavy atom. The summed E-state index contributed by atoms with van der Waals surface area (Å²) in [5, 5.41) is 4.02. The molecule has 0 aliphatic heterocycles. The first-order chi connectivity index (χ1) is 11.7. The highest BCUT2D eigenvalue weighted by molar-refractivity contribution is 9.10. The number of hydrogen-bond acceptors (Lipinski definition) is 4. The van der Waals surface area contributed by atoms with Crippen LogP contribution in [0.15, 0.2) is 46.0 Å². The fourth-order valence-corrected chi connectivity index (χ4v) is 3.72. The lowest BCUT2D eigenvalue weighted by Gasteiger charge is -2.12. The Morgan fingerprint density at radius 3 is 2.60 bits per heavy atom. The highest BCUT2D eigenvalue weighted by Crippen LogP contribution is 2.27. The first-order valence-corrected chi connectivity index (χ1v) is 9.29. The van der Waals surface area contributed by atoms with E-state index in [0.717, 1.165) is 24.0 Å². The molecule has 0 saturated carbocycles. The Bertz CT molecular complexity index is 1070. The molecule has 6 nitrogen and oxygen atoms in total. The summed E-state index contributed by atoms with van der Waals surface area (Å²) in [5.41, 5.74) is 0.662. The standard InChI is InChI=1S/C15H13BrF2N4O2S/c1-21(2)9-3-4-14-15(7-19-22(14)8-9)25(23,24)20-13-6-11(17)10(16)5-12(13)18/h3-8,20H,1-2H3. The highest BCUT2D eigenvalue weighted by Gasteiger charge is 2.22. The number of halogens is 3. The summed E-state index contributed by atoms with van der Waals surface area (Å²) < 4.78 is 56.0. The number of aromatic nitrogens is 2. The van der Waals surface area contributed by atoms with Gasteiger partial charge < -0.3 is 4.90 Å². The normalized spacial score (nSPS) is 11.7. The molecule has 3 rings (SSSR count). The predicted octanol–water partition coefficient (Wildman–Crippen LogP) is 3.24. The second kappa shape index (κ2) is 6.26. The van der Waals surface area contributed by atoms with Crippen LogP contribution in [-0.2, 0) is 10.0 Å². The summed E-state index contributed by atoms with van der Waals surface area (Å²) in [5.74, 6) is -1.68. The molecule has 0 saturated heterocycles. The van der Waals surface area contributed by atoms with E-state index in [4.69, 9.17) is 0 Å². The third-order valence-corrected chi connectivity index (χ3v) is 5.52. The van der Waals surface area contributed by atoms with Gasteiger partial charge >= 0.3 is 0 Å². The fourth-order valence-electron chi connectivity index (χ4n) is 2.22. The van der Waals surface area contributed by atoms with Gasteiger partial charge in [-0.05, 0) is 34.1 Å². The molecule has 1 N–H and O–H groups in total. The molecule has 0 unspecified atom stereocenters. The molecule has 0 aliphatic rings. The van der Waals surface area contributed by atoms with Gasteiger partial charge in [0.05, 0.1) is 33.8 Å². The van der Waals surface area contributed by atoms with Crippen LogP contribution in [0.5, 0.6) is 0 Å². The molecule has 2 heterocycles. The molecule has 10 heteroatoms. The minimum atomic E-state index is -4.15. The minimum Gasteiger partial charge on any atom is -0.376 e. The Hall–Kier alpha value is -2.20. The monoisotopic (exact) mass is 430 g/mol. The number of anilines is 2. The molecule has 0 fully saturated rings. The van der Waals surface area contributed by atoms with Crippen molar-refractivity contribution in [2.75, 3.05) is 23.7 Å². The smallest absolute Gasteiger partial charge is 0.265 e. The van der Waals surface area contributed by atoms with Gasteiger partial charge in [-0.2, -0.15) is 5.10 Å². The maximum absolute atomic E-state index is 13.9. The van der Waals surface area contributed by atoms with E-state index in [0.29, 0.717) is 5.52 Å². The number of rotatable bonds is 4. The maximum atomic E-state index is 13.9. The van der Waals surface area contributed by atoms with Gasteiger partial charge in [0.2, 0.25) is 0 Å². The van der Waals surface area contributed by atoms with Crippen LogP contribution in [0.3, 0.4) is 0 Å². The van der Waals surface area contributed by atoms with Gasteiger partial charge in [-0.3, -0.25) is 4.72 Å². The van der Waals surface area contributed by atoms with Gasteiger partial charge in [-0.15, -0.1) is 0 Å². The van der Waals surface area contributed by atoms with Crippen molar-refractivity contribution >= 4 is 42.8 Å². The summed E-state index contributed by atoms with van der Waals surface area (Å²) in [4.78, 5) is 1.70. The van der Waals surface area contributed by atoms with Crippen LogP contribution < -0.4 is 9.62 Å². The zero-order chi connectivity index (χ0) is 18.4. The SMILES string of the molecule is CN(C)c1ccc2c(S(=O)(=O)Nc3cc(F)c(Br)cc3F)cnn2c1. The van der Waals surface area contributed by atoms with Gasteiger partial charge in [-0.25, -0.2) is 21.7 Å². The van der Waals surface area contributed by atoms with Crippen LogP contribution in [0.4, 0.5) is 20.2 Å². The summed E-state index contributed by atoms with van der Waals surface area (Å²) >= 11 is 2.84. The van der Waals surface area contributed by atoms with Crippen molar-refractivity contribution < 1.29 is 17.2 Å². The summed E-state index contributed by atoms with van der Waals surface area (Å²) in [6, 6.07) is 4.95. The molecule has 0 amide bonds. The highest BCUT2D eigenvalue weighted by atomic mass is 79.9. The van der Waals surface area contributed by atoms with E-state index in [1.165, 1.54) is 4.52 Å². The molecule has 0 aliphatic carbocycles. The van der Waals surface area contributed by atoms with E-state index < -0.39 is 27.3 Å². The average Bonchev–Trinajstić information content (AvgIpc) is 2.96. The number of pyridine rings is 1. The third kappa shape index (κ3) is 3.31. The first-order valence-electron chi connectivity index (χ1n) is 7.01. The van der Waals surface area contributed by atoms with Gasteiger partial charge in [-0.1, -0.05) is 0 Å². The average molecular weight is 431 g/mol. The topological polar surface area (TPSA) is 66.7 Å². The van der Waals surface area contributed by atoms with E-state index in [1.807, 2.05) is 19.0 Å². The van der Waals surface area contributed by atoms with Crippen LogP contribution in [0.2, 0.25) is 0 Å². The van der Waals surface area contributed by atoms with Crippen molar-refractivity contribution in [3.63, 3.8) is 0 Å². The number of fused-ring (bicyclic) bond motifs is 1. The van der Waals surface area contributed by atoms with Gasteiger partial charge in [0.15, 0.2) is 0 Å². The van der Waals surface area contributed by atoms with E-state index in [-0.39, 0.29) is 9.37 Å². The second-order valence-electron chi connectivity index (χ2n) is 5.47. The van der Waals surface area contributed by atoms with E-state index in [2.05, 4.69) is 25.8 Å². The van der Waals surface area contributed by atoms with Crippen molar-refractivity contribution in [2.45, 2.75) is 4.90 Å². The lowest BCUT2D eigenvalue weighted by molar-refractivity contribution is 0.592. The minimum absolute atomic E-state index is 0.0971. The summed E-state index contributed by atoms with van der Waals surface area (Å²) in [6.07, 6.45) is 2.82. The Kier molecular flexibility index (Phi) is 4.41. The van der Waals surface area contributed by atoms with Gasteiger partial charge in [0.1, 0.15) is 16.5 Å².